The van der Waals surface area contributed by atoms with Crippen molar-refractivity contribution in [3.63, 3.8) is 0 Å². The van der Waals surface area contributed by atoms with Crippen LogP contribution in [0.5, 0.6) is 0 Å². The molecule has 0 aliphatic rings. The van der Waals surface area contributed by atoms with Crippen LogP contribution in [0.25, 0.3) is 0 Å². The molecule has 0 radical (unpaired) electrons. The summed E-state index contributed by atoms with van der Waals surface area (Å²) in [6, 6.07) is 6.24. The fraction of sp³-hybridized carbons (Fsp3) is 0.571. The molecule has 1 N–H and O–H groups in total. The van der Waals surface area contributed by atoms with Crippen molar-refractivity contribution < 1.29 is 14.2 Å². The summed E-state index contributed by atoms with van der Waals surface area (Å²) in [5, 5.41) is 9.74. The lowest BCUT2D eigenvalue weighted by atomic mass is 10.1. The van der Waals surface area contributed by atoms with Crippen molar-refractivity contribution in [2.24, 2.45) is 5.92 Å². The molecule has 1 rings (SSSR count). The van der Waals surface area contributed by atoms with Crippen LogP contribution in [0, 0.1) is 11.7 Å². The normalized spacial score (nSPS) is 13.0. The highest BCUT2D eigenvalue weighted by Crippen LogP contribution is 2.16. The number of rotatable bonds is 7. The predicted molar refractivity (Wildman–Crippen MR) is 66.3 cm³/mol. The Morgan fingerprint density at radius 2 is 2.00 bits per heavy atom. The van der Waals surface area contributed by atoms with Gasteiger partial charge in [0.2, 0.25) is 0 Å². The first-order chi connectivity index (χ1) is 8.11. The van der Waals surface area contributed by atoms with Gasteiger partial charge in [-0.2, -0.15) is 0 Å². The van der Waals surface area contributed by atoms with Gasteiger partial charge in [0.25, 0.3) is 0 Å². The molecular weight excluding hydrogens is 219 g/mol. The van der Waals surface area contributed by atoms with E-state index in [1.165, 1.54) is 6.07 Å². The van der Waals surface area contributed by atoms with Crippen molar-refractivity contribution in [1.82, 2.24) is 0 Å². The van der Waals surface area contributed by atoms with E-state index in [9.17, 15) is 9.50 Å². The third kappa shape index (κ3) is 5.29. The summed E-state index contributed by atoms with van der Waals surface area (Å²) in [4.78, 5) is 0. The van der Waals surface area contributed by atoms with Crippen LogP contribution in [-0.2, 0) is 4.74 Å². The minimum atomic E-state index is -0.879. The van der Waals surface area contributed by atoms with Gasteiger partial charge in [-0.3, -0.25) is 0 Å². The SMILES string of the molecule is CC(C)CCCOCC(O)c1ccccc1F. The first-order valence-electron chi connectivity index (χ1n) is 6.11. The molecular formula is C14H21FO2. The maximum absolute atomic E-state index is 13.3. The third-order valence-electron chi connectivity index (χ3n) is 2.61. The topological polar surface area (TPSA) is 29.5 Å². The number of aliphatic hydroxyl groups excluding tert-OH is 1. The zero-order valence-electron chi connectivity index (χ0n) is 10.5. The molecule has 0 spiro atoms. The zero-order valence-corrected chi connectivity index (χ0v) is 10.5. The lowest BCUT2D eigenvalue weighted by Gasteiger charge is -2.12. The van der Waals surface area contributed by atoms with Crippen molar-refractivity contribution in [3.05, 3.63) is 35.6 Å². The molecule has 1 aromatic rings. The minimum Gasteiger partial charge on any atom is -0.386 e. The molecule has 17 heavy (non-hydrogen) atoms. The highest BCUT2D eigenvalue weighted by Gasteiger charge is 2.11. The van der Waals surface area contributed by atoms with Crippen LogP contribution < -0.4 is 0 Å². The van der Waals surface area contributed by atoms with E-state index in [0.29, 0.717) is 18.1 Å². The first-order valence-corrected chi connectivity index (χ1v) is 6.11. The Morgan fingerprint density at radius 1 is 1.29 bits per heavy atom. The van der Waals surface area contributed by atoms with Crippen LogP contribution in [0.1, 0.15) is 38.4 Å². The van der Waals surface area contributed by atoms with E-state index in [1.807, 2.05) is 0 Å². The third-order valence-corrected chi connectivity index (χ3v) is 2.61. The minimum absolute atomic E-state index is 0.152. The van der Waals surface area contributed by atoms with Crippen molar-refractivity contribution in [1.29, 1.82) is 0 Å². The van der Waals surface area contributed by atoms with E-state index in [2.05, 4.69) is 13.8 Å². The average molecular weight is 240 g/mol. The molecule has 0 aliphatic carbocycles. The first kappa shape index (κ1) is 14.1. The quantitative estimate of drug-likeness (QED) is 0.741. The van der Waals surface area contributed by atoms with Crippen LogP contribution in [-0.4, -0.2) is 18.3 Å². The second-order valence-electron chi connectivity index (χ2n) is 4.65. The van der Waals surface area contributed by atoms with Gasteiger partial charge < -0.3 is 9.84 Å². The van der Waals surface area contributed by atoms with Gasteiger partial charge in [-0.15, -0.1) is 0 Å². The second kappa shape index (κ2) is 7.41. The lowest BCUT2D eigenvalue weighted by molar-refractivity contribution is 0.0321. The maximum atomic E-state index is 13.3. The molecule has 0 saturated carbocycles. The fourth-order valence-corrected chi connectivity index (χ4v) is 1.62. The number of halogens is 1. The number of hydrogen-bond donors (Lipinski definition) is 1. The average Bonchev–Trinajstić information content (AvgIpc) is 2.28. The van der Waals surface area contributed by atoms with Crippen molar-refractivity contribution in [2.75, 3.05) is 13.2 Å². The van der Waals surface area contributed by atoms with Gasteiger partial charge in [-0.05, 0) is 24.8 Å². The summed E-state index contributed by atoms with van der Waals surface area (Å²) in [5.41, 5.74) is 0.302. The molecule has 0 heterocycles. The molecule has 3 heteroatoms. The zero-order chi connectivity index (χ0) is 12.7. The van der Waals surface area contributed by atoms with Gasteiger partial charge in [0.1, 0.15) is 11.9 Å². The smallest absolute Gasteiger partial charge is 0.129 e. The molecule has 96 valence electrons. The number of aliphatic hydroxyl groups is 1. The summed E-state index contributed by atoms with van der Waals surface area (Å²) in [6.07, 6.45) is 1.20. The van der Waals surface area contributed by atoms with Gasteiger partial charge in [-0.1, -0.05) is 32.0 Å². The summed E-state index contributed by atoms with van der Waals surface area (Å²) >= 11 is 0. The molecule has 1 atom stereocenters. The van der Waals surface area contributed by atoms with Crippen LogP contribution in [0.15, 0.2) is 24.3 Å². The summed E-state index contributed by atoms with van der Waals surface area (Å²) in [7, 11) is 0. The Kier molecular flexibility index (Phi) is 6.16. The Bertz CT molecular complexity index is 326. The highest BCUT2D eigenvalue weighted by atomic mass is 19.1. The van der Waals surface area contributed by atoms with Gasteiger partial charge in [0.15, 0.2) is 0 Å². The van der Waals surface area contributed by atoms with Gasteiger partial charge in [0.05, 0.1) is 6.61 Å². The van der Waals surface area contributed by atoms with Gasteiger partial charge >= 0.3 is 0 Å². The maximum Gasteiger partial charge on any atom is 0.129 e. The predicted octanol–water partition coefficient (Wildman–Crippen LogP) is 3.31. The molecule has 0 fully saturated rings. The summed E-state index contributed by atoms with van der Waals surface area (Å²) in [6.45, 7) is 5.09. The molecule has 0 aliphatic heterocycles. The van der Waals surface area contributed by atoms with Crippen LogP contribution in [0.3, 0.4) is 0 Å². The second-order valence-corrected chi connectivity index (χ2v) is 4.65. The largest absolute Gasteiger partial charge is 0.386 e. The van der Waals surface area contributed by atoms with Gasteiger partial charge in [-0.25, -0.2) is 4.39 Å². The Labute approximate surface area is 102 Å². The molecule has 0 bridgehead atoms. The van der Waals surface area contributed by atoms with Crippen molar-refractivity contribution in [3.8, 4) is 0 Å². The monoisotopic (exact) mass is 240 g/mol. The van der Waals surface area contributed by atoms with E-state index in [1.54, 1.807) is 18.2 Å². The highest BCUT2D eigenvalue weighted by molar-refractivity contribution is 5.19. The molecule has 2 nitrogen and oxygen atoms in total. The van der Waals surface area contributed by atoms with E-state index in [0.717, 1.165) is 12.8 Å². The van der Waals surface area contributed by atoms with E-state index >= 15 is 0 Å². The summed E-state index contributed by atoms with van der Waals surface area (Å²) in [5.74, 6) is 0.279. The molecule has 0 aromatic heterocycles. The van der Waals surface area contributed by atoms with E-state index in [4.69, 9.17) is 4.74 Å². The lowest BCUT2D eigenvalue weighted by Crippen LogP contribution is -2.10. The van der Waals surface area contributed by atoms with Crippen LogP contribution in [0.4, 0.5) is 4.39 Å². The van der Waals surface area contributed by atoms with Crippen LogP contribution >= 0.6 is 0 Å². The van der Waals surface area contributed by atoms with Crippen LogP contribution in [0.2, 0.25) is 0 Å². The fourth-order valence-electron chi connectivity index (χ4n) is 1.62. The standard InChI is InChI=1S/C14H21FO2/c1-11(2)6-5-9-17-10-14(16)12-7-3-4-8-13(12)15/h3-4,7-8,11,14,16H,5-6,9-10H2,1-2H3. The number of hydrogen-bond acceptors (Lipinski definition) is 2. The number of ether oxygens (including phenoxy) is 1. The molecule has 0 amide bonds. The number of benzene rings is 1. The van der Waals surface area contributed by atoms with Gasteiger partial charge in [0, 0.05) is 12.2 Å². The van der Waals surface area contributed by atoms with Crippen molar-refractivity contribution >= 4 is 0 Å². The van der Waals surface area contributed by atoms with Crippen molar-refractivity contribution in [2.45, 2.75) is 32.8 Å². The summed E-state index contributed by atoms with van der Waals surface area (Å²) < 4.78 is 18.6. The van der Waals surface area contributed by atoms with E-state index in [-0.39, 0.29) is 12.4 Å². The molecule has 0 saturated heterocycles. The Morgan fingerprint density at radius 3 is 2.65 bits per heavy atom. The Hall–Kier alpha value is -0.930. The van der Waals surface area contributed by atoms with E-state index < -0.39 is 6.10 Å². The molecule has 1 aromatic carbocycles. The molecule has 1 unspecified atom stereocenters. The Balaban J connectivity index is 2.26.